The Hall–Kier alpha value is 0.760. The minimum absolute atomic E-state index is 0.00235. The molecular formula is C12H11ClI3NO4. The first kappa shape index (κ1) is 19.8. The van der Waals surface area contributed by atoms with Crippen LogP contribution in [0.2, 0.25) is 0 Å². The van der Waals surface area contributed by atoms with Crippen LogP contribution in [0.3, 0.4) is 0 Å². The molecule has 1 atom stereocenters. The maximum atomic E-state index is 12.5. The first-order valence-electron chi connectivity index (χ1n) is 5.62. The molecule has 1 aromatic rings. The van der Waals surface area contributed by atoms with Crippen molar-refractivity contribution in [3.8, 4) is 0 Å². The number of aliphatic hydroxyl groups excluding tert-OH is 2. The van der Waals surface area contributed by atoms with Gasteiger partial charge in [-0.2, -0.15) is 0 Å². The summed E-state index contributed by atoms with van der Waals surface area (Å²) in [6, 6.07) is 1.71. The van der Waals surface area contributed by atoms with Gasteiger partial charge in [-0.1, -0.05) is 0 Å². The van der Waals surface area contributed by atoms with Crippen LogP contribution in [0, 0.1) is 10.7 Å². The Bertz CT molecular complexity index is 582. The minimum atomic E-state index is -1.01. The molecule has 0 aliphatic rings. The Kier molecular flexibility index (Phi) is 8.08. The van der Waals surface area contributed by atoms with Crippen molar-refractivity contribution in [1.29, 1.82) is 0 Å². The number of carbonyl (C=O) groups is 2. The maximum absolute atomic E-state index is 12.5. The molecule has 9 heteroatoms. The molecule has 0 spiro atoms. The molecule has 1 aromatic carbocycles. The van der Waals surface area contributed by atoms with Crippen LogP contribution in [0.4, 0.5) is 0 Å². The quantitative estimate of drug-likeness (QED) is 0.380. The molecule has 2 N–H and O–H groups in total. The standard InChI is InChI=1S/C12H11ClI3NO4/c1-17(3-5(19)4-18)12(21)9-7(15)2-6(14)8(10(9)16)11(13)20/h2,5,18-19H,3-4H2,1H3. The molecule has 0 saturated heterocycles. The van der Waals surface area contributed by atoms with E-state index in [-0.39, 0.29) is 12.5 Å². The van der Waals surface area contributed by atoms with Crippen LogP contribution in [-0.4, -0.2) is 52.6 Å². The van der Waals surface area contributed by atoms with Gasteiger partial charge >= 0.3 is 0 Å². The normalized spacial score (nSPS) is 12.1. The molecule has 0 saturated carbocycles. The van der Waals surface area contributed by atoms with Crippen molar-refractivity contribution in [2.45, 2.75) is 6.10 Å². The molecule has 5 nitrogen and oxygen atoms in total. The first-order valence-corrected chi connectivity index (χ1v) is 9.23. The van der Waals surface area contributed by atoms with Crippen LogP contribution in [0.25, 0.3) is 0 Å². The zero-order chi connectivity index (χ0) is 16.3. The predicted molar refractivity (Wildman–Crippen MR) is 105 cm³/mol. The third-order valence-corrected chi connectivity index (χ3v) is 5.59. The second kappa shape index (κ2) is 8.57. The number of rotatable bonds is 5. The zero-order valence-corrected chi connectivity index (χ0v) is 18.0. The highest BCUT2D eigenvalue weighted by Crippen LogP contribution is 2.29. The van der Waals surface area contributed by atoms with E-state index in [9.17, 15) is 14.7 Å². The molecular weight excluding hydrogens is 638 g/mol. The van der Waals surface area contributed by atoms with Gasteiger partial charge in [0.2, 0.25) is 0 Å². The Morgan fingerprint density at radius 3 is 2.29 bits per heavy atom. The lowest BCUT2D eigenvalue weighted by molar-refractivity contribution is 0.0519. The number of nitrogens with zero attached hydrogens (tertiary/aromatic N) is 1. The van der Waals surface area contributed by atoms with Crippen LogP contribution in [0.15, 0.2) is 6.07 Å². The van der Waals surface area contributed by atoms with Gasteiger partial charge < -0.3 is 15.1 Å². The van der Waals surface area contributed by atoms with Crippen molar-refractivity contribution in [3.63, 3.8) is 0 Å². The summed E-state index contributed by atoms with van der Waals surface area (Å²) >= 11 is 11.5. The Morgan fingerprint density at radius 2 is 1.81 bits per heavy atom. The van der Waals surface area contributed by atoms with E-state index in [1.165, 1.54) is 11.9 Å². The van der Waals surface area contributed by atoms with Crippen LogP contribution in [0.5, 0.6) is 0 Å². The molecule has 0 heterocycles. The fourth-order valence-electron chi connectivity index (χ4n) is 1.61. The zero-order valence-electron chi connectivity index (χ0n) is 10.7. The summed E-state index contributed by atoms with van der Waals surface area (Å²) in [5.74, 6) is -0.341. The average Bonchev–Trinajstić information content (AvgIpc) is 2.36. The van der Waals surface area contributed by atoms with Crippen LogP contribution in [0.1, 0.15) is 20.7 Å². The van der Waals surface area contributed by atoms with E-state index in [0.717, 1.165) is 0 Å². The molecule has 0 aromatic heterocycles. The monoisotopic (exact) mass is 649 g/mol. The van der Waals surface area contributed by atoms with E-state index in [4.69, 9.17) is 16.7 Å². The van der Waals surface area contributed by atoms with E-state index >= 15 is 0 Å². The van der Waals surface area contributed by atoms with Gasteiger partial charge in [0.15, 0.2) is 0 Å². The van der Waals surface area contributed by atoms with Crippen LogP contribution in [-0.2, 0) is 0 Å². The van der Waals surface area contributed by atoms with Gasteiger partial charge in [0.05, 0.1) is 23.8 Å². The molecule has 1 amide bonds. The second-order valence-electron chi connectivity index (χ2n) is 4.20. The Morgan fingerprint density at radius 1 is 1.29 bits per heavy atom. The highest BCUT2D eigenvalue weighted by atomic mass is 127. The summed E-state index contributed by atoms with van der Waals surface area (Å²) in [5.41, 5.74) is 0.672. The summed E-state index contributed by atoms with van der Waals surface area (Å²) in [6.07, 6.45) is -1.01. The maximum Gasteiger partial charge on any atom is 0.255 e. The molecule has 0 bridgehead atoms. The first-order chi connectivity index (χ1) is 9.70. The van der Waals surface area contributed by atoms with E-state index in [1.807, 2.05) is 67.8 Å². The molecule has 0 fully saturated rings. The highest BCUT2D eigenvalue weighted by Gasteiger charge is 2.25. The number of likely N-dealkylation sites (N-methyl/N-ethyl adjacent to an activating group) is 1. The lowest BCUT2D eigenvalue weighted by Crippen LogP contribution is -2.36. The smallest absolute Gasteiger partial charge is 0.255 e. The van der Waals surface area contributed by atoms with Crippen molar-refractivity contribution >= 4 is 90.5 Å². The number of benzene rings is 1. The molecule has 21 heavy (non-hydrogen) atoms. The van der Waals surface area contributed by atoms with Gasteiger partial charge in [-0.05, 0) is 85.4 Å². The predicted octanol–water partition coefficient (Wildman–Crippen LogP) is 2.30. The van der Waals surface area contributed by atoms with Gasteiger partial charge in [0, 0.05) is 24.3 Å². The minimum Gasteiger partial charge on any atom is -0.394 e. The number of hydrogen-bond acceptors (Lipinski definition) is 4. The topological polar surface area (TPSA) is 77.8 Å². The van der Waals surface area contributed by atoms with Crippen molar-refractivity contribution in [1.82, 2.24) is 4.90 Å². The van der Waals surface area contributed by atoms with E-state index < -0.39 is 18.0 Å². The van der Waals surface area contributed by atoms with Gasteiger partial charge in [-0.3, -0.25) is 9.59 Å². The average molecular weight is 649 g/mol. The van der Waals surface area contributed by atoms with Crippen molar-refractivity contribution < 1.29 is 19.8 Å². The Labute approximate surface area is 167 Å². The second-order valence-corrected chi connectivity index (χ2v) is 7.95. The lowest BCUT2D eigenvalue weighted by atomic mass is 10.1. The number of carbonyl (C=O) groups excluding carboxylic acids is 2. The third-order valence-electron chi connectivity index (χ3n) is 2.62. The van der Waals surface area contributed by atoms with Gasteiger partial charge in [0.25, 0.3) is 11.1 Å². The summed E-state index contributed by atoms with van der Waals surface area (Å²) in [6.45, 7) is -0.429. The molecule has 1 unspecified atom stereocenters. The largest absolute Gasteiger partial charge is 0.394 e. The Balaban J connectivity index is 3.27. The SMILES string of the molecule is CN(CC(O)CO)C(=O)c1c(I)cc(I)c(C(=O)Cl)c1I. The van der Waals surface area contributed by atoms with E-state index in [0.29, 0.717) is 21.8 Å². The number of amides is 1. The summed E-state index contributed by atoms with van der Waals surface area (Å²) in [7, 11) is 1.52. The molecule has 116 valence electrons. The highest BCUT2D eigenvalue weighted by molar-refractivity contribution is 14.1. The van der Waals surface area contributed by atoms with Crippen molar-refractivity contribution in [3.05, 3.63) is 27.9 Å². The van der Waals surface area contributed by atoms with Gasteiger partial charge in [0.1, 0.15) is 0 Å². The molecule has 0 aliphatic heterocycles. The fourth-order valence-corrected chi connectivity index (χ4v) is 6.45. The van der Waals surface area contributed by atoms with Crippen LogP contribution >= 0.6 is 79.4 Å². The fraction of sp³-hybridized carbons (Fsp3) is 0.333. The van der Waals surface area contributed by atoms with Gasteiger partial charge in [-0.25, -0.2) is 0 Å². The van der Waals surface area contributed by atoms with Gasteiger partial charge in [-0.15, -0.1) is 0 Å². The van der Waals surface area contributed by atoms with Crippen molar-refractivity contribution in [2.24, 2.45) is 0 Å². The molecule has 1 rings (SSSR count). The molecule has 0 aliphatic carbocycles. The number of hydrogen-bond donors (Lipinski definition) is 2. The molecule has 0 radical (unpaired) electrons. The summed E-state index contributed by atoms with van der Waals surface area (Å²) in [4.78, 5) is 25.3. The third kappa shape index (κ3) is 4.86. The number of halogens is 4. The van der Waals surface area contributed by atoms with E-state index in [2.05, 4.69) is 0 Å². The summed E-state index contributed by atoms with van der Waals surface area (Å²) in [5, 5.41) is 17.7. The number of aliphatic hydroxyl groups is 2. The summed E-state index contributed by atoms with van der Waals surface area (Å²) < 4.78 is 1.86. The van der Waals surface area contributed by atoms with E-state index in [1.54, 1.807) is 6.07 Å². The lowest BCUT2D eigenvalue weighted by Gasteiger charge is -2.22. The van der Waals surface area contributed by atoms with Crippen LogP contribution < -0.4 is 0 Å². The van der Waals surface area contributed by atoms with Crippen molar-refractivity contribution in [2.75, 3.05) is 20.2 Å².